The summed E-state index contributed by atoms with van der Waals surface area (Å²) in [4.78, 5) is 0.789. The van der Waals surface area contributed by atoms with Gasteiger partial charge in [-0.25, -0.2) is 0 Å². The first-order valence-electron chi connectivity index (χ1n) is 4.66. The fraction of sp³-hybridized carbons (Fsp3) is 0. The highest BCUT2D eigenvalue weighted by molar-refractivity contribution is 7.80. The maximum absolute atomic E-state index is 5.82. The van der Waals surface area contributed by atoms with Gasteiger partial charge in [0.05, 0.1) is 0 Å². The van der Waals surface area contributed by atoms with Gasteiger partial charge in [-0.2, -0.15) is 0 Å². The van der Waals surface area contributed by atoms with Gasteiger partial charge in [-0.1, -0.05) is 18.2 Å². The number of hydrogen-bond acceptors (Lipinski definition) is 3. The molecule has 2 nitrogen and oxygen atoms in total. The molecule has 0 saturated carbocycles. The fourth-order valence-corrected chi connectivity index (χ4v) is 2.12. The average molecular weight is 215 g/mol. The predicted octanol–water partition coefficient (Wildman–Crippen LogP) is 3.46. The number of para-hydroxylation sites is 1. The van der Waals surface area contributed by atoms with Crippen molar-refractivity contribution in [3.8, 4) is 0 Å². The maximum atomic E-state index is 5.82. The number of benzene rings is 2. The molecule has 0 spiro atoms. The van der Waals surface area contributed by atoms with Gasteiger partial charge in [0.1, 0.15) is 11.2 Å². The van der Waals surface area contributed by atoms with E-state index in [4.69, 9.17) is 10.2 Å². The van der Waals surface area contributed by atoms with Gasteiger partial charge in [0, 0.05) is 21.4 Å². The number of anilines is 1. The monoisotopic (exact) mass is 215 g/mol. The first-order valence-corrected chi connectivity index (χ1v) is 5.11. The molecule has 3 aromatic rings. The minimum absolute atomic E-state index is 0.678. The van der Waals surface area contributed by atoms with Crippen molar-refractivity contribution < 1.29 is 4.42 Å². The van der Waals surface area contributed by atoms with E-state index < -0.39 is 0 Å². The van der Waals surface area contributed by atoms with Crippen LogP contribution in [-0.2, 0) is 0 Å². The number of rotatable bonds is 0. The zero-order valence-corrected chi connectivity index (χ0v) is 8.79. The Bertz CT molecular complexity index is 657. The highest BCUT2D eigenvalue weighted by Crippen LogP contribution is 2.35. The van der Waals surface area contributed by atoms with Crippen LogP contribution >= 0.6 is 12.6 Å². The van der Waals surface area contributed by atoms with Crippen molar-refractivity contribution >= 4 is 40.3 Å². The summed E-state index contributed by atoms with van der Waals surface area (Å²) in [6.07, 6.45) is 0. The van der Waals surface area contributed by atoms with E-state index >= 15 is 0 Å². The Labute approximate surface area is 92.1 Å². The van der Waals surface area contributed by atoms with Gasteiger partial charge in [-0.05, 0) is 18.2 Å². The van der Waals surface area contributed by atoms with Crippen LogP contribution in [-0.4, -0.2) is 0 Å². The fourth-order valence-electron chi connectivity index (χ4n) is 1.81. The van der Waals surface area contributed by atoms with E-state index in [1.165, 1.54) is 0 Å². The summed E-state index contributed by atoms with van der Waals surface area (Å²) in [6, 6.07) is 11.6. The lowest BCUT2D eigenvalue weighted by molar-refractivity contribution is 0.668. The quantitative estimate of drug-likeness (QED) is 0.445. The van der Waals surface area contributed by atoms with Crippen LogP contribution in [0.5, 0.6) is 0 Å². The molecule has 3 rings (SSSR count). The molecule has 2 aromatic carbocycles. The topological polar surface area (TPSA) is 39.2 Å². The molecule has 0 aliphatic heterocycles. The highest BCUT2D eigenvalue weighted by Gasteiger charge is 2.10. The first kappa shape index (κ1) is 8.68. The van der Waals surface area contributed by atoms with Crippen molar-refractivity contribution in [2.45, 2.75) is 4.90 Å². The molecule has 0 amide bonds. The third-order valence-electron chi connectivity index (χ3n) is 2.55. The standard InChI is InChI=1S/C12H9NOS/c13-8-5-6-10-11(12(8)15)7-3-1-2-4-9(7)14-10/h1-6,15H,13H2. The summed E-state index contributed by atoms with van der Waals surface area (Å²) in [5.41, 5.74) is 8.19. The zero-order valence-electron chi connectivity index (χ0n) is 7.90. The first-order chi connectivity index (χ1) is 7.27. The van der Waals surface area contributed by atoms with Gasteiger partial charge >= 0.3 is 0 Å². The predicted molar refractivity (Wildman–Crippen MR) is 65.4 cm³/mol. The Morgan fingerprint density at radius 1 is 1.00 bits per heavy atom. The van der Waals surface area contributed by atoms with Gasteiger partial charge < -0.3 is 10.2 Å². The van der Waals surface area contributed by atoms with Gasteiger partial charge in [0.25, 0.3) is 0 Å². The number of hydrogen-bond donors (Lipinski definition) is 2. The molecule has 0 bridgehead atoms. The summed E-state index contributed by atoms with van der Waals surface area (Å²) in [7, 11) is 0. The molecule has 0 saturated heterocycles. The number of fused-ring (bicyclic) bond motifs is 3. The lowest BCUT2D eigenvalue weighted by Gasteiger charge is -1.98. The lowest BCUT2D eigenvalue weighted by Crippen LogP contribution is -1.85. The van der Waals surface area contributed by atoms with Crippen LogP contribution in [0, 0.1) is 0 Å². The molecule has 0 radical (unpaired) electrons. The van der Waals surface area contributed by atoms with Crippen LogP contribution in [0.1, 0.15) is 0 Å². The third-order valence-corrected chi connectivity index (χ3v) is 3.03. The van der Waals surface area contributed by atoms with Gasteiger partial charge in [0.15, 0.2) is 0 Å². The molecular weight excluding hydrogens is 206 g/mol. The van der Waals surface area contributed by atoms with Crippen LogP contribution in [0.4, 0.5) is 5.69 Å². The Morgan fingerprint density at radius 2 is 1.80 bits per heavy atom. The van der Waals surface area contributed by atoms with E-state index in [1.54, 1.807) is 0 Å². The molecule has 3 heteroatoms. The van der Waals surface area contributed by atoms with Crippen molar-refractivity contribution in [1.29, 1.82) is 0 Å². The summed E-state index contributed by atoms with van der Waals surface area (Å²) < 4.78 is 5.68. The molecule has 74 valence electrons. The van der Waals surface area contributed by atoms with E-state index in [-0.39, 0.29) is 0 Å². The number of nitrogen functional groups attached to an aromatic ring is 1. The number of nitrogens with two attached hydrogens (primary N) is 1. The minimum atomic E-state index is 0.678. The summed E-state index contributed by atoms with van der Waals surface area (Å²) in [5.74, 6) is 0. The van der Waals surface area contributed by atoms with Crippen molar-refractivity contribution in [3.05, 3.63) is 36.4 Å². The smallest absolute Gasteiger partial charge is 0.136 e. The van der Waals surface area contributed by atoms with Crippen LogP contribution < -0.4 is 5.73 Å². The summed E-state index contributed by atoms with van der Waals surface area (Å²) in [5, 5.41) is 2.05. The molecule has 0 unspecified atom stereocenters. The zero-order chi connectivity index (χ0) is 10.4. The minimum Gasteiger partial charge on any atom is -0.456 e. The normalized spacial score (nSPS) is 11.3. The number of thiol groups is 1. The summed E-state index contributed by atoms with van der Waals surface area (Å²) >= 11 is 4.42. The Hall–Kier alpha value is -1.61. The van der Waals surface area contributed by atoms with Gasteiger partial charge in [-0.15, -0.1) is 12.6 Å². The number of furan rings is 1. The van der Waals surface area contributed by atoms with Gasteiger partial charge in [-0.3, -0.25) is 0 Å². The van der Waals surface area contributed by atoms with Crippen LogP contribution in [0.3, 0.4) is 0 Å². The van der Waals surface area contributed by atoms with E-state index in [0.717, 1.165) is 26.8 Å². The van der Waals surface area contributed by atoms with Crippen LogP contribution in [0.2, 0.25) is 0 Å². The molecule has 2 N–H and O–H groups in total. The third kappa shape index (κ3) is 1.13. The van der Waals surface area contributed by atoms with Gasteiger partial charge in [0.2, 0.25) is 0 Å². The highest BCUT2D eigenvalue weighted by atomic mass is 32.1. The van der Waals surface area contributed by atoms with Crippen molar-refractivity contribution in [2.24, 2.45) is 0 Å². The Balaban J connectivity index is 2.63. The van der Waals surface area contributed by atoms with E-state index in [0.29, 0.717) is 5.69 Å². The largest absolute Gasteiger partial charge is 0.456 e. The molecule has 0 aliphatic rings. The molecular formula is C12H9NOS. The molecule has 0 fully saturated rings. The second kappa shape index (κ2) is 2.94. The van der Waals surface area contributed by atoms with Crippen molar-refractivity contribution in [3.63, 3.8) is 0 Å². The van der Waals surface area contributed by atoms with Crippen molar-refractivity contribution in [1.82, 2.24) is 0 Å². The molecule has 1 aromatic heterocycles. The summed E-state index contributed by atoms with van der Waals surface area (Å²) in [6.45, 7) is 0. The van der Waals surface area contributed by atoms with Crippen molar-refractivity contribution in [2.75, 3.05) is 5.73 Å². The SMILES string of the molecule is Nc1ccc2oc3ccccc3c2c1S. The Kier molecular flexibility index (Phi) is 1.70. The lowest BCUT2D eigenvalue weighted by atomic mass is 10.1. The molecule has 0 atom stereocenters. The van der Waals surface area contributed by atoms with E-state index in [1.807, 2.05) is 36.4 Å². The maximum Gasteiger partial charge on any atom is 0.136 e. The Morgan fingerprint density at radius 3 is 2.67 bits per heavy atom. The van der Waals surface area contributed by atoms with Crippen LogP contribution in [0.15, 0.2) is 45.7 Å². The molecule has 15 heavy (non-hydrogen) atoms. The molecule has 1 heterocycles. The second-order valence-corrected chi connectivity index (χ2v) is 3.92. The molecule has 0 aliphatic carbocycles. The van der Waals surface area contributed by atoms with E-state index in [9.17, 15) is 0 Å². The average Bonchev–Trinajstić information content (AvgIpc) is 2.62. The van der Waals surface area contributed by atoms with E-state index in [2.05, 4.69) is 12.6 Å². The van der Waals surface area contributed by atoms with Crippen LogP contribution in [0.25, 0.3) is 21.9 Å². The second-order valence-electron chi connectivity index (χ2n) is 3.47.